The van der Waals surface area contributed by atoms with Crippen LogP contribution in [0.5, 0.6) is 5.75 Å². The van der Waals surface area contributed by atoms with Crippen molar-refractivity contribution in [2.24, 2.45) is 0 Å². The maximum atomic E-state index is 14.3. The highest BCUT2D eigenvalue weighted by atomic mass is 19.1. The fourth-order valence-electron chi connectivity index (χ4n) is 2.84. The third kappa shape index (κ3) is 2.06. The Hall–Kier alpha value is -2.37. The van der Waals surface area contributed by atoms with E-state index in [1.54, 1.807) is 11.5 Å². The van der Waals surface area contributed by atoms with Gasteiger partial charge in [-0.3, -0.25) is 4.79 Å². The van der Waals surface area contributed by atoms with E-state index < -0.39 is 17.2 Å². The Kier molecular flexibility index (Phi) is 3.39. The zero-order valence-electron chi connectivity index (χ0n) is 12.4. The van der Waals surface area contributed by atoms with Crippen LogP contribution in [0.15, 0.2) is 17.1 Å². The second-order valence-electron chi connectivity index (χ2n) is 5.44. The summed E-state index contributed by atoms with van der Waals surface area (Å²) in [7, 11) is 1.43. The predicted octanol–water partition coefficient (Wildman–Crippen LogP) is 2.74. The van der Waals surface area contributed by atoms with E-state index in [0.29, 0.717) is 23.3 Å². The average molecular weight is 305 g/mol. The molecule has 6 heteroatoms. The summed E-state index contributed by atoms with van der Waals surface area (Å²) in [6.07, 6.45) is 3.58. The quantitative estimate of drug-likeness (QED) is 0.943. The molecular formula is C16H16FNO4. The maximum Gasteiger partial charge on any atom is 0.341 e. The molecule has 1 N–H and O–H groups in total. The summed E-state index contributed by atoms with van der Waals surface area (Å²) in [5.41, 5.74) is -0.144. The molecule has 1 aliphatic carbocycles. The van der Waals surface area contributed by atoms with Crippen LogP contribution >= 0.6 is 0 Å². The molecule has 22 heavy (non-hydrogen) atoms. The summed E-state index contributed by atoms with van der Waals surface area (Å²) in [4.78, 5) is 23.7. The molecule has 0 unspecified atom stereocenters. The minimum Gasteiger partial charge on any atom is -0.494 e. The summed E-state index contributed by atoms with van der Waals surface area (Å²) in [5.74, 6) is -1.53. The first-order chi connectivity index (χ1) is 10.5. The second-order valence-corrected chi connectivity index (χ2v) is 5.44. The van der Waals surface area contributed by atoms with E-state index in [-0.39, 0.29) is 17.0 Å². The smallest absolute Gasteiger partial charge is 0.341 e. The Morgan fingerprint density at radius 1 is 1.50 bits per heavy atom. The van der Waals surface area contributed by atoms with Gasteiger partial charge in [0.25, 0.3) is 0 Å². The number of fused-ring (bicyclic) bond motifs is 1. The monoisotopic (exact) mass is 305 g/mol. The van der Waals surface area contributed by atoms with Crippen LogP contribution in [-0.4, -0.2) is 22.8 Å². The number of aromatic carboxylic acids is 1. The topological polar surface area (TPSA) is 68.5 Å². The SMILES string of the molecule is CCc1c(F)cc2c(=O)c(C(=O)O)cn(C3CC3)c2c1OC. The van der Waals surface area contributed by atoms with Crippen LogP contribution in [0.25, 0.3) is 10.9 Å². The van der Waals surface area contributed by atoms with E-state index >= 15 is 0 Å². The second kappa shape index (κ2) is 5.12. The van der Waals surface area contributed by atoms with E-state index in [9.17, 15) is 19.1 Å². The van der Waals surface area contributed by atoms with Crippen molar-refractivity contribution in [3.8, 4) is 5.75 Å². The van der Waals surface area contributed by atoms with Gasteiger partial charge in [0.1, 0.15) is 17.1 Å². The minimum absolute atomic E-state index is 0.0540. The van der Waals surface area contributed by atoms with Gasteiger partial charge >= 0.3 is 5.97 Å². The van der Waals surface area contributed by atoms with Gasteiger partial charge in [-0.25, -0.2) is 9.18 Å². The molecule has 116 valence electrons. The molecule has 1 aromatic carbocycles. The zero-order valence-corrected chi connectivity index (χ0v) is 12.4. The van der Waals surface area contributed by atoms with Crippen molar-refractivity contribution in [1.29, 1.82) is 0 Å². The summed E-state index contributed by atoms with van der Waals surface area (Å²) in [6, 6.07) is 1.26. The number of pyridine rings is 1. The Morgan fingerprint density at radius 3 is 2.68 bits per heavy atom. The molecule has 0 spiro atoms. The van der Waals surface area contributed by atoms with Crippen LogP contribution in [0, 0.1) is 5.82 Å². The van der Waals surface area contributed by atoms with Crippen molar-refractivity contribution >= 4 is 16.9 Å². The molecule has 1 aliphatic rings. The lowest BCUT2D eigenvalue weighted by Crippen LogP contribution is -2.19. The Labute approximate surface area is 125 Å². The number of benzene rings is 1. The first-order valence-corrected chi connectivity index (χ1v) is 7.17. The van der Waals surface area contributed by atoms with E-state index in [0.717, 1.165) is 18.9 Å². The molecule has 2 aromatic rings. The molecule has 3 rings (SSSR count). The van der Waals surface area contributed by atoms with Crippen molar-refractivity contribution in [3.63, 3.8) is 0 Å². The summed E-state index contributed by atoms with van der Waals surface area (Å²) in [5, 5.41) is 9.26. The molecule has 0 atom stereocenters. The van der Waals surface area contributed by atoms with Crippen molar-refractivity contribution in [2.75, 3.05) is 7.11 Å². The van der Waals surface area contributed by atoms with Crippen LogP contribution in [0.2, 0.25) is 0 Å². The standard InChI is InChI=1S/C16H16FNO4/c1-3-9-12(17)6-10-13(15(9)22-2)18(8-4-5-8)7-11(14(10)19)16(20)21/h6-8H,3-5H2,1-2H3,(H,20,21). The normalized spacial score (nSPS) is 14.3. The molecule has 5 nitrogen and oxygen atoms in total. The molecule has 0 radical (unpaired) electrons. The Bertz CT molecular complexity index is 836. The molecule has 0 saturated heterocycles. The molecule has 0 aliphatic heterocycles. The highest BCUT2D eigenvalue weighted by Gasteiger charge is 2.29. The fourth-order valence-corrected chi connectivity index (χ4v) is 2.84. The third-order valence-corrected chi connectivity index (χ3v) is 4.05. The van der Waals surface area contributed by atoms with Gasteiger partial charge in [-0.15, -0.1) is 0 Å². The number of ether oxygens (including phenoxy) is 1. The summed E-state index contributed by atoms with van der Waals surface area (Å²) in [6.45, 7) is 1.80. The number of carbonyl (C=O) groups is 1. The number of rotatable bonds is 4. The Balaban J connectivity index is 2.51. The van der Waals surface area contributed by atoms with Gasteiger partial charge in [-0.1, -0.05) is 6.92 Å². The van der Waals surface area contributed by atoms with Crippen LogP contribution in [0.1, 0.15) is 41.7 Å². The molecule has 1 aromatic heterocycles. The number of carboxylic acid groups (broad SMARTS) is 1. The first-order valence-electron chi connectivity index (χ1n) is 7.17. The zero-order chi connectivity index (χ0) is 16.0. The molecule has 0 amide bonds. The molecule has 0 bridgehead atoms. The third-order valence-electron chi connectivity index (χ3n) is 4.05. The molecule has 1 fully saturated rings. The predicted molar refractivity (Wildman–Crippen MR) is 79.3 cm³/mol. The van der Waals surface area contributed by atoms with E-state index in [1.807, 2.05) is 0 Å². The van der Waals surface area contributed by atoms with E-state index in [2.05, 4.69) is 0 Å². The number of nitrogens with zero attached hydrogens (tertiary/aromatic N) is 1. The van der Waals surface area contributed by atoms with E-state index in [1.165, 1.54) is 13.3 Å². The fraction of sp³-hybridized carbons (Fsp3) is 0.375. The number of halogens is 1. The number of aromatic nitrogens is 1. The lowest BCUT2D eigenvalue weighted by molar-refractivity contribution is 0.0695. The first kappa shape index (κ1) is 14.6. The highest BCUT2D eigenvalue weighted by molar-refractivity contribution is 5.95. The lowest BCUT2D eigenvalue weighted by Gasteiger charge is -2.17. The Morgan fingerprint density at radius 2 is 2.18 bits per heavy atom. The summed E-state index contributed by atoms with van der Waals surface area (Å²) < 4.78 is 21.4. The van der Waals surface area contributed by atoms with Gasteiger partial charge in [0, 0.05) is 17.8 Å². The van der Waals surface area contributed by atoms with Crippen molar-refractivity contribution < 1.29 is 19.0 Å². The van der Waals surface area contributed by atoms with Gasteiger partial charge in [0.15, 0.2) is 0 Å². The number of hydrogen-bond donors (Lipinski definition) is 1. The molecule has 1 heterocycles. The van der Waals surface area contributed by atoms with Crippen LogP contribution in [-0.2, 0) is 6.42 Å². The van der Waals surface area contributed by atoms with Crippen LogP contribution < -0.4 is 10.2 Å². The average Bonchev–Trinajstić information content (AvgIpc) is 3.31. The van der Waals surface area contributed by atoms with Gasteiger partial charge in [-0.2, -0.15) is 0 Å². The van der Waals surface area contributed by atoms with Crippen LogP contribution in [0.4, 0.5) is 4.39 Å². The van der Waals surface area contributed by atoms with Gasteiger partial charge in [-0.05, 0) is 25.3 Å². The van der Waals surface area contributed by atoms with Gasteiger partial charge < -0.3 is 14.4 Å². The van der Waals surface area contributed by atoms with E-state index in [4.69, 9.17) is 4.74 Å². The van der Waals surface area contributed by atoms with Crippen molar-refractivity contribution in [2.45, 2.75) is 32.2 Å². The molecule has 1 saturated carbocycles. The number of carboxylic acids is 1. The van der Waals surface area contributed by atoms with Crippen molar-refractivity contribution in [3.05, 3.63) is 39.4 Å². The number of hydrogen-bond acceptors (Lipinski definition) is 3. The van der Waals surface area contributed by atoms with Crippen LogP contribution in [0.3, 0.4) is 0 Å². The molecular weight excluding hydrogens is 289 g/mol. The maximum absolute atomic E-state index is 14.3. The largest absolute Gasteiger partial charge is 0.494 e. The lowest BCUT2D eigenvalue weighted by atomic mass is 10.0. The van der Waals surface area contributed by atoms with Gasteiger partial charge in [0.2, 0.25) is 5.43 Å². The van der Waals surface area contributed by atoms with Crippen molar-refractivity contribution in [1.82, 2.24) is 4.57 Å². The summed E-state index contributed by atoms with van der Waals surface area (Å²) >= 11 is 0. The minimum atomic E-state index is -1.31. The van der Waals surface area contributed by atoms with Gasteiger partial charge in [0.05, 0.1) is 18.0 Å². The number of methoxy groups -OCH3 is 1. The highest BCUT2D eigenvalue weighted by Crippen LogP contribution is 2.40.